The first kappa shape index (κ1) is 30.7. The van der Waals surface area contributed by atoms with Crippen LogP contribution in [-0.4, -0.2) is 65.7 Å². The summed E-state index contributed by atoms with van der Waals surface area (Å²) in [6, 6.07) is 18.7. The first-order chi connectivity index (χ1) is 22.2. The standard InChI is InChI=1S/C40H46N2O4/c1-25(2)24-42(36(44)16-13-29-12-11-26(3)27(4)21-29)32-15-14-31-33-22-30-34(43)23-35(45-5)38-37(30)40(31,39(32)46-38)18-20-41(33)19-17-28-9-7-6-8-10-28/h6-12,21,23,25,31-33,39,43H,14-15,17-20,22,24H2,1-5H3/t31-,32+,33+,39-,40-/m0/s1. The minimum Gasteiger partial charge on any atom is -0.508 e. The van der Waals surface area contributed by atoms with E-state index in [0.29, 0.717) is 30.0 Å². The number of piperidine rings is 1. The van der Waals surface area contributed by atoms with Gasteiger partial charge in [0, 0.05) is 53.2 Å². The van der Waals surface area contributed by atoms with Crippen LogP contribution in [0.2, 0.25) is 0 Å². The average molecular weight is 619 g/mol. The predicted molar refractivity (Wildman–Crippen MR) is 180 cm³/mol. The Bertz CT molecular complexity index is 1710. The fourth-order valence-corrected chi connectivity index (χ4v) is 9.10. The van der Waals surface area contributed by atoms with Gasteiger partial charge in [-0.2, -0.15) is 0 Å². The number of phenols is 1. The summed E-state index contributed by atoms with van der Waals surface area (Å²) in [6.07, 6.45) is 4.37. The number of phenolic OH excluding ortho intramolecular Hbond substituents is 1. The van der Waals surface area contributed by atoms with Gasteiger partial charge in [-0.1, -0.05) is 56.2 Å². The Balaban J connectivity index is 1.26. The molecule has 1 saturated heterocycles. The molecule has 0 unspecified atom stereocenters. The number of nitrogens with zero attached hydrogens (tertiary/aromatic N) is 2. The van der Waals surface area contributed by atoms with E-state index in [0.717, 1.165) is 67.6 Å². The van der Waals surface area contributed by atoms with Crippen molar-refractivity contribution in [1.82, 2.24) is 9.80 Å². The van der Waals surface area contributed by atoms with Crippen molar-refractivity contribution in [2.45, 2.75) is 83.4 Å². The highest BCUT2D eigenvalue weighted by atomic mass is 16.5. The van der Waals surface area contributed by atoms with Crippen LogP contribution in [0.3, 0.4) is 0 Å². The van der Waals surface area contributed by atoms with Crippen LogP contribution in [0.25, 0.3) is 0 Å². The summed E-state index contributed by atoms with van der Waals surface area (Å²) in [5.74, 6) is 8.34. The lowest BCUT2D eigenvalue weighted by Gasteiger charge is -2.60. The second kappa shape index (κ2) is 12.0. The lowest BCUT2D eigenvalue weighted by molar-refractivity contribution is -0.137. The van der Waals surface area contributed by atoms with E-state index in [2.05, 4.69) is 86.9 Å². The molecular weight excluding hydrogens is 572 g/mol. The lowest BCUT2D eigenvalue weighted by Crippen LogP contribution is -2.69. The molecule has 3 aromatic carbocycles. The highest BCUT2D eigenvalue weighted by Gasteiger charge is 2.67. The van der Waals surface area contributed by atoms with Crippen LogP contribution >= 0.6 is 0 Å². The lowest BCUT2D eigenvalue weighted by atomic mass is 9.50. The van der Waals surface area contributed by atoms with Gasteiger partial charge in [-0.25, -0.2) is 0 Å². The first-order valence-electron chi connectivity index (χ1n) is 17.0. The number of aryl methyl sites for hydroxylation is 2. The molecule has 1 amide bonds. The van der Waals surface area contributed by atoms with Crippen LogP contribution in [0.5, 0.6) is 17.2 Å². The quantitative estimate of drug-likeness (QED) is 0.320. The molecule has 4 aliphatic rings. The number of ether oxygens (including phenoxy) is 2. The largest absolute Gasteiger partial charge is 0.508 e. The van der Waals surface area contributed by atoms with E-state index < -0.39 is 0 Å². The van der Waals surface area contributed by atoms with Gasteiger partial charge < -0.3 is 19.5 Å². The maximum absolute atomic E-state index is 14.1. The third-order valence-electron chi connectivity index (χ3n) is 11.3. The molecule has 240 valence electrons. The highest BCUT2D eigenvalue weighted by Crippen LogP contribution is 2.65. The van der Waals surface area contributed by atoms with Crippen LogP contribution < -0.4 is 9.47 Å². The Kier molecular flexibility index (Phi) is 8.01. The van der Waals surface area contributed by atoms with Crippen LogP contribution in [0.15, 0.2) is 54.6 Å². The Morgan fingerprint density at radius 3 is 2.67 bits per heavy atom. The molecule has 2 bridgehead atoms. The van der Waals surface area contributed by atoms with E-state index in [9.17, 15) is 9.90 Å². The molecule has 2 fully saturated rings. The van der Waals surface area contributed by atoms with E-state index in [4.69, 9.17) is 9.47 Å². The summed E-state index contributed by atoms with van der Waals surface area (Å²) >= 11 is 0. The number of hydrogen-bond acceptors (Lipinski definition) is 5. The number of rotatable bonds is 7. The predicted octanol–water partition coefficient (Wildman–Crippen LogP) is 6.20. The Hall–Kier alpha value is -3.95. The molecule has 3 aromatic rings. The van der Waals surface area contributed by atoms with E-state index in [1.807, 2.05) is 11.0 Å². The van der Waals surface area contributed by atoms with E-state index in [1.165, 1.54) is 16.7 Å². The zero-order valence-electron chi connectivity index (χ0n) is 27.8. The number of carbonyl (C=O) groups is 1. The molecule has 1 spiro atoms. The number of benzene rings is 3. The van der Waals surface area contributed by atoms with Gasteiger partial charge in [-0.05, 0) is 93.2 Å². The summed E-state index contributed by atoms with van der Waals surface area (Å²) < 4.78 is 12.9. The van der Waals surface area contributed by atoms with E-state index in [1.54, 1.807) is 13.2 Å². The van der Waals surface area contributed by atoms with Crippen LogP contribution in [0, 0.1) is 37.5 Å². The fraction of sp³-hybridized carbons (Fsp3) is 0.475. The van der Waals surface area contributed by atoms with E-state index in [-0.39, 0.29) is 29.4 Å². The van der Waals surface area contributed by atoms with Crippen molar-refractivity contribution in [3.8, 4) is 29.1 Å². The number of likely N-dealkylation sites (tertiary alicyclic amines) is 1. The van der Waals surface area contributed by atoms with Gasteiger partial charge in [-0.15, -0.1) is 0 Å². The van der Waals surface area contributed by atoms with Crippen molar-refractivity contribution >= 4 is 5.91 Å². The molecule has 6 nitrogen and oxygen atoms in total. The first-order valence-corrected chi connectivity index (χ1v) is 17.0. The molecule has 1 N–H and O–H groups in total. The third-order valence-corrected chi connectivity index (χ3v) is 11.3. The van der Waals surface area contributed by atoms with Gasteiger partial charge in [0.05, 0.1) is 13.2 Å². The van der Waals surface area contributed by atoms with Crippen molar-refractivity contribution in [1.29, 1.82) is 0 Å². The number of hydrogen-bond donors (Lipinski definition) is 1. The van der Waals surface area contributed by atoms with Crippen LogP contribution in [0.1, 0.15) is 66.5 Å². The maximum Gasteiger partial charge on any atom is 0.299 e. The monoisotopic (exact) mass is 618 g/mol. The zero-order valence-corrected chi connectivity index (χ0v) is 27.8. The highest BCUT2D eigenvalue weighted by molar-refractivity contribution is 5.94. The van der Waals surface area contributed by atoms with Gasteiger partial charge >= 0.3 is 0 Å². The molecule has 7 rings (SSSR count). The summed E-state index contributed by atoms with van der Waals surface area (Å²) in [6.45, 7) is 11.0. The molecule has 2 heterocycles. The zero-order chi connectivity index (χ0) is 32.2. The van der Waals surface area contributed by atoms with Gasteiger partial charge in [0.15, 0.2) is 11.5 Å². The SMILES string of the molecule is COc1cc(O)c2c3c1O[C@H]1[C@H](N(CC(C)C)C(=O)C#Cc4ccc(C)c(C)c4)CC[C@H]4[C@@H](C2)N(CCc2ccccc2)CC[C@@]341. The van der Waals surface area contributed by atoms with Gasteiger partial charge in [0.2, 0.25) is 0 Å². The molecule has 2 aliphatic carbocycles. The Morgan fingerprint density at radius 2 is 1.93 bits per heavy atom. The van der Waals surface area contributed by atoms with Crippen molar-refractivity contribution in [2.24, 2.45) is 11.8 Å². The van der Waals surface area contributed by atoms with Gasteiger partial charge in [-0.3, -0.25) is 9.69 Å². The average Bonchev–Trinajstić information content (AvgIpc) is 3.39. The van der Waals surface area contributed by atoms with Crippen molar-refractivity contribution in [2.75, 3.05) is 26.7 Å². The van der Waals surface area contributed by atoms with Crippen molar-refractivity contribution in [3.05, 3.63) is 88.0 Å². The summed E-state index contributed by atoms with van der Waals surface area (Å²) in [5, 5.41) is 11.4. The van der Waals surface area contributed by atoms with Crippen LogP contribution in [-0.2, 0) is 23.1 Å². The molecule has 0 aromatic heterocycles. The van der Waals surface area contributed by atoms with E-state index >= 15 is 0 Å². The Morgan fingerprint density at radius 1 is 1.13 bits per heavy atom. The molecule has 2 aliphatic heterocycles. The maximum atomic E-state index is 14.1. The number of carbonyl (C=O) groups excluding carboxylic acids is 1. The second-order valence-corrected chi connectivity index (χ2v) is 14.3. The summed E-state index contributed by atoms with van der Waals surface area (Å²) in [4.78, 5) is 18.7. The summed E-state index contributed by atoms with van der Waals surface area (Å²) in [5.41, 5.74) is 6.44. The number of amides is 1. The van der Waals surface area contributed by atoms with Gasteiger partial charge in [0.1, 0.15) is 11.9 Å². The minimum atomic E-state index is -0.289. The Labute approximate surface area is 273 Å². The van der Waals surface area contributed by atoms with Crippen molar-refractivity contribution < 1.29 is 19.4 Å². The number of methoxy groups -OCH3 is 1. The number of aromatic hydroxyl groups is 1. The molecule has 0 radical (unpaired) electrons. The fourth-order valence-electron chi connectivity index (χ4n) is 9.10. The summed E-state index contributed by atoms with van der Waals surface area (Å²) in [7, 11) is 1.64. The molecule has 5 atom stereocenters. The molecular formula is C40H46N2O4. The molecule has 6 heteroatoms. The second-order valence-electron chi connectivity index (χ2n) is 14.3. The smallest absolute Gasteiger partial charge is 0.299 e. The topological polar surface area (TPSA) is 62.2 Å². The van der Waals surface area contributed by atoms with Crippen molar-refractivity contribution in [3.63, 3.8) is 0 Å². The minimum absolute atomic E-state index is 0.123. The molecule has 46 heavy (non-hydrogen) atoms. The molecule has 1 saturated carbocycles. The normalized spacial score (nSPS) is 25.7. The van der Waals surface area contributed by atoms with Crippen LogP contribution in [0.4, 0.5) is 0 Å². The van der Waals surface area contributed by atoms with Gasteiger partial charge in [0.25, 0.3) is 5.91 Å². The third kappa shape index (κ3) is 5.04.